The fraction of sp³-hybridized carbons (Fsp3) is 0.0143. The maximum Gasteiger partial charge on any atom is 3.00 e. The molecule has 1 aliphatic rings. The maximum atomic E-state index is 4.74. The molecule has 0 atom stereocenters. The van der Waals surface area contributed by atoms with Gasteiger partial charge in [-0.05, 0) is 97.9 Å². The SMILES string of the molecule is [Ir+3].[c-]1cc(-c2ccccc2C2=CC(c3ccccc3-c3c[c-]c(-c4ccccn4)cc3-c3ccc(-c4ccccc4)cc3)=CCC(c3ccccc3-c3c[c-]c(-c4ccccn4)cc3)=C2)ccc1-c1ccccn1. The molecule has 0 radical (unpaired) electrons. The van der Waals surface area contributed by atoms with Crippen LogP contribution in [0.2, 0.25) is 0 Å². The first kappa shape index (κ1) is 47.4. The van der Waals surface area contributed by atoms with E-state index in [0.29, 0.717) is 6.42 Å². The minimum atomic E-state index is 0. The molecule has 74 heavy (non-hydrogen) atoms. The Labute approximate surface area is 447 Å². The van der Waals surface area contributed by atoms with E-state index >= 15 is 0 Å². The molecule has 3 heterocycles. The molecule has 1 aliphatic carbocycles. The number of hydrogen-bond donors (Lipinski definition) is 0. The first-order valence-electron chi connectivity index (χ1n) is 24.6. The summed E-state index contributed by atoms with van der Waals surface area (Å²) in [6, 6.07) is 91.7. The van der Waals surface area contributed by atoms with Gasteiger partial charge in [0.15, 0.2) is 0 Å². The topological polar surface area (TPSA) is 38.7 Å². The average molecular weight is 1120 g/mol. The molecule has 0 saturated carbocycles. The van der Waals surface area contributed by atoms with E-state index in [0.717, 1.165) is 101 Å². The number of allylic oxidation sites excluding steroid dienone is 6. The van der Waals surface area contributed by atoms with Crippen LogP contribution in [-0.2, 0) is 20.1 Å². The van der Waals surface area contributed by atoms with Gasteiger partial charge in [-0.2, -0.15) is 0 Å². The smallest absolute Gasteiger partial charge is 0.305 e. The Morgan fingerprint density at radius 1 is 0.297 bits per heavy atom. The van der Waals surface area contributed by atoms with Crippen LogP contribution in [0.15, 0.2) is 267 Å². The second-order valence-corrected chi connectivity index (χ2v) is 18.0. The van der Waals surface area contributed by atoms with Gasteiger partial charge in [-0.25, -0.2) is 0 Å². The standard InChI is InChI=1S/C70H46N3.Ir/c1-2-16-49(17-3-1)50-27-29-53(30-28-50)67-48-58(70-26-12-15-45-73-70)41-42-66(67)65-23-9-8-21-63(65)57-40-39-56(62-20-6-4-18-60(62)51-31-35-54(36-32-51)68-24-10-13-43-71-68)46-59(47-57)64-22-7-5-19-61(64)52-33-37-55(38-34-52)69-25-11-14-44-72-69;/h1-35,37,40,42-48H,39H2;/q-3;+3. The molecule has 0 spiro atoms. The third-order valence-corrected chi connectivity index (χ3v) is 13.5. The Hall–Kier alpha value is -8.92. The summed E-state index contributed by atoms with van der Waals surface area (Å²) in [5.74, 6) is 0. The second-order valence-electron chi connectivity index (χ2n) is 18.0. The van der Waals surface area contributed by atoms with E-state index in [9.17, 15) is 0 Å². The zero-order valence-corrected chi connectivity index (χ0v) is 42.7. The van der Waals surface area contributed by atoms with Crippen molar-refractivity contribution in [2.75, 3.05) is 0 Å². The van der Waals surface area contributed by atoms with Crippen LogP contribution < -0.4 is 0 Å². The number of nitrogens with zero attached hydrogens (tertiary/aromatic N) is 3. The van der Waals surface area contributed by atoms with Crippen LogP contribution in [0.3, 0.4) is 0 Å². The molecule has 3 nitrogen and oxygen atoms in total. The van der Waals surface area contributed by atoms with Crippen LogP contribution in [0.25, 0.3) is 106 Å². The summed E-state index contributed by atoms with van der Waals surface area (Å²) in [6.07, 6.45) is 13.4. The molecule has 8 aromatic carbocycles. The third kappa shape index (κ3) is 9.98. The van der Waals surface area contributed by atoms with Crippen molar-refractivity contribution in [3.05, 3.63) is 302 Å². The van der Waals surface area contributed by atoms with Gasteiger partial charge in [-0.3, -0.25) is 0 Å². The Morgan fingerprint density at radius 3 is 1.30 bits per heavy atom. The van der Waals surface area contributed by atoms with E-state index < -0.39 is 0 Å². The van der Waals surface area contributed by atoms with Crippen molar-refractivity contribution in [2.45, 2.75) is 6.42 Å². The molecule has 0 unspecified atom stereocenters. The summed E-state index contributed by atoms with van der Waals surface area (Å²) in [7, 11) is 0. The predicted octanol–water partition coefficient (Wildman–Crippen LogP) is 17.6. The van der Waals surface area contributed by atoms with Gasteiger partial charge in [0, 0.05) is 18.6 Å². The normalized spacial score (nSPS) is 12.1. The summed E-state index contributed by atoms with van der Waals surface area (Å²) in [5.41, 5.74) is 23.7. The molecule has 12 rings (SSSR count). The molecular weight excluding hydrogens is 1080 g/mol. The minimum absolute atomic E-state index is 0. The van der Waals surface area contributed by atoms with Gasteiger partial charge in [-0.1, -0.05) is 215 Å². The fourth-order valence-corrected chi connectivity index (χ4v) is 9.88. The third-order valence-electron chi connectivity index (χ3n) is 13.5. The number of aromatic nitrogens is 3. The maximum absolute atomic E-state index is 4.74. The summed E-state index contributed by atoms with van der Waals surface area (Å²) in [4.78, 5) is 13.9. The predicted molar refractivity (Wildman–Crippen MR) is 301 cm³/mol. The van der Waals surface area contributed by atoms with Crippen LogP contribution in [0.4, 0.5) is 0 Å². The molecule has 0 amide bonds. The van der Waals surface area contributed by atoms with E-state index in [1.54, 1.807) is 0 Å². The zero-order valence-electron chi connectivity index (χ0n) is 40.3. The van der Waals surface area contributed by atoms with Gasteiger partial charge in [0.25, 0.3) is 0 Å². The van der Waals surface area contributed by atoms with Crippen LogP contribution in [0.5, 0.6) is 0 Å². The van der Waals surface area contributed by atoms with Crippen LogP contribution in [0, 0.1) is 18.2 Å². The summed E-state index contributed by atoms with van der Waals surface area (Å²) < 4.78 is 0. The van der Waals surface area contributed by atoms with Crippen LogP contribution >= 0.6 is 0 Å². The average Bonchev–Trinajstić information content (AvgIpc) is 3.72. The van der Waals surface area contributed by atoms with E-state index in [1.165, 1.54) is 22.3 Å². The zero-order chi connectivity index (χ0) is 48.8. The number of pyridine rings is 3. The van der Waals surface area contributed by atoms with Crippen molar-refractivity contribution in [1.29, 1.82) is 0 Å². The Balaban J connectivity index is 0.00000588. The van der Waals surface area contributed by atoms with Crippen molar-refractivity contribution in [3.63, 3.8) is 0 Å². The van der Waals surface area contributed by atoms with E-state index in [2.05, 4.69) is 222 Å². The molecule has 0 fully saturated rings. The molecule has 350 valence electrons. The van der Waals surface area contributed by atoms with Crippen molar-refractivity contribution in [3.8, 4) is 89.4 Å². The van der Waals surface area contributed by atoms with Crippen molar-refractivity contribution in [2.24, 2.45) is 0 Å². The van der Waals surface area contributed by atoms with E-state index in [-0.39, 0.29) is 20.1 Å². The van der Waals surface area contributed by atoms with Gasteiger partial charge in [0.05, 0.1) is 0 Å². The molecule has 0 aliphatic heterocycles. The van der Waals surface area contributed by atoms with Gasteiger partial charge in [0.2, 0.25) is 0 Å². The largest absolute Gasteiger partial charge is 3.00 e. The fourth-order valence-electron chi connectivity index (χ4n) is 9.88. The Bertz CT molecular complexity index is 3810. The second kappa shape index (κ2) is 21.8. The minimum Gasteiger partial charge on any atom is -0.305 e. The van der Waals surface area contributed by atoms with E-state index in [1.807, 2.05) is 73.2 Å². The Kier molecular flexibility index (Phi) is 14.0. The van der Waals surface area contributed by atoms with Crippen molar-refractivity contribution in [1.82, 2.24) is 15.0 Å². The molecule has 0 N–H and O–H groups in total. The monoisotopic (exact) mass is 1120 g/mol. The first-order chi connectivity index (χ1) is 36.2. The van der Waals surface area contributed by atoms with Crippen LogP contribution in [-0.4, -0.2) is 15.0 Å². The summed E-state index contributed by atoms with van der Waals surface area (Å²) >= 11 is 0. The van der Waals surface area contributed by atoms with Crippen LogP contribution in [0.1, 0.15) is 23.1 Å². The summed E-state index contributed by atoms with van der Waals surface area (Å²) in [6.45, 7) is 0. The van der Waals surface area contributed by atoms with Gasteiger partial charge in [-0.15, -0.1) is 83.4 Å². The molecule has 3 aromatic heterocycles. The number of benzene rings is 8. The number of rotatable bonds is 11. The van der Waals surface area contributed by atoms with Gasteiger partial charge in [0.1, 0.15) is 0 Å². The van der Waals surface area contributed by atoms with Gasteiger partial charge >= 0.3 is 20.1 Å². The quantitative estimate of drug-likeness (QED) is 0.121. The van der Waals surface area contributed by atoms with Crippen molar-refractivity contribution >= 4 is 16.7 Å². The molecular formula is C70H46IrN3. The molecule has 4 heteroatoms. The summed E-state index contributed by atoms with van der Waals surface area (Å²) in [5, 5.41) is 0. The Morgan fingerprint density at radius 2 is 0.743 bits per heavy atom. The molecule has 11 aromatic rings. The molecule has 0 bridgehead atoms. The molecule has 0 saturated heterocycles. The van der Waals surface area contributed by atoms with Crippen molar-refractivity contribution < 1.29 is 20.1 Å². The number of hydrogen-bond acceptors (Lipinski definition) is 3. The van der Waals surface area contributed by atoms with E-state index in [4.69, 9.17) is 4.98 Å². The van der Waals surface area contributed by atoms with Gasteiger partial charge < -0.3 is 15.0 Å². The first-order valence-corrected chi connectivity index (χ1v) is 24.6.